The summed E-state index contributed by atoms with van der Waals surface area (Å²) in [6.45, 7) is 7.63. The van der Waals surface area contributed by atoms with E-state index in [0.29, 0.717) is 32.5 Å². The van der Waals surface area contributed by atoms with E-state index in [0.717, 1.165) is 6.42 Å². The molecule has 1 spiro atoms. The molecule has 0 saturated carbocycles. The number of hydrogen-bond donors (Lipinski definition) is 1. The fraction of sp³-hybridized carbons (Fsp3) is 0.857. The number of carbonyl (C=O) groups is 2. The highest BCUT2D eigenvalue weighted by atomic mass is 16.5. The molecule has 2 saturated heterocycles. The van der Waals surface area contributed by atoms with Crippen LogP contribution < -0.4 is 0 Å². The van der Waals surface area contributed by atoms with Gasteiger partial charge in [-0.15, -0.1) is 0 Å². The molecule has 2 aliphatic rings. The normalized spacial score (nSPS) is 27.0. The summed E-state index contributed by atoms with van der Waals surface area (Å²) >= 11 is 0. The average molecular weight is 269 g/mol. The third kappa shape index (κ3) is 2.91. The first kappa shape index (κ1) is 14.3. The van der Waals surface area contributed by atoms with Crippen LogP contribution in [0.2, 0.25) is 0 Å². The van der Waals surface area contributed by atoms with Crippen molar-refractivity contribution < 1.29 is 19.4 Å². The Bertz CT molecular complexity index is 377. The van der Waals surface area contributed by atoms with Crippen molar-refractivity contribution in [1.29, 1.82) is 0 Å². The Morgan fingerprint density at radius 2 is 2.00 bits per heavy atom. The van der Waals surface area contributed by atoms with Crippen LogP contribution in [0.15, 0.2) is 0 Å². The number of Topliss-reactive ketones (excluding diaryl/α,β-unsaturated/α-hetero) is 1. The Balaban J connectivity index is 2.00. The highest BCUT2D eigenvalue weighted by Gasteiger charge is 2.51. The van der Waals surface area contributed by atoms with E-state index in [9.17, 15) is 9.59 Å². The average Bonchev–Trinajstić information content (AvgIpc) is 2.58. The molecule has 1 unspecified atom stereocenters. The summed E-state index contributed by atoms with van der Waals surface area (Å²) in [5.41, 5.74) is -0.366. The SMILES string of the molecule is CC(C)(C)CC1OCC2(CCN(C(=O)O)CC2)C1=O. The minimum absolute atomic E-state index is 0.0631. The molecule has 0 bridgehead atoms. The smallest absolute Gasteiger partial charge is 0.407 e. The first-order valence-electron chi connectivity index (χ1n) is 6.87. The number of rotatable bonds is 1. The van der Waals surface area contributed by atoms with Gasteiger partial charge >= 0.3 is 6.09 Å². The number of ether oxygens (including phenoxy) is 1. The van der Waals surface area contributed by atoms with E-state index >= 15 is 0 Å². The van der Waals surface area contributed by atoms with E-state index in [1.165, 1.54) is 4.90 Å². The lowest BCUT2D eigenvalue weighted by molar-refractivity contribution is -0.130. The molecule has 19 heavy (non-hydrogen) atoms. The molecule has 1 N–H and O–H groups in total. The topological polar surface area (TPSA) is 66.8 Å². The predicted molar refractivity (Wildman–Crippen MR) is 70.1 cm³/mol. The Labute approximate surface area is 113 Å². The summed E-state index contributed by atoms with van der Waals surface area (Å²) in [5.74, 6) is 0.187. The largest absolute Gasteiger partial charge is 0.465 e. The van der Waals surface area contributed by atoms with E-state index in [-0.39, 0.29) is 17.3 Å². The van der Waals surface area contributed by atoms with Crippen LogP contribution in [0.5, 0.6) is 0 Å². The lowest BCUT2D eigenvalue weighted by atomic mass is 9.74. The third-order valence-electron chi connectivity index (χ3n) is 4.16. The molecule has 5 nitrogen and oxygen atoms in total. The van der Waals surface area contributed by atoms with Crippen LogP contribution in [0.25, 0.3) is 0 Å². The summed E-state index contributed by atoms with van der Waals surface area (Å²) in [7, 11) is 0. The molecule has 108 valence electrons. The van der Waals surface area contributed by atoms with Crippen molar-refractivity contribution in [3.63, 3.8) is 0 Å². The van der Waals surface area contributed by atoms with Gasteiger partial charge in [0.1, 0.15) is 6.10 Å². The summed E-state index contributed by atoms with van der Waals surface area (Å²) in [6, 6.07) is 0. The van der Waals surface area contributed by atoms with E-state index < -0.39 is 11.5 Å². The second-order valence-corrected chi connectivity index (χ2v) is 6.98. The van der Waals surface area contributed by atoms with Crippen LogP contribution >= 0.6 is 0 Å². The fourth-order valence-electron chi connectivity index (χ4n) is 2.97. The zero-order valence-corrected chi connectivity index (χ0v) is 11.9. The second kappa shape index (κ2) is 4.78. The van der Waals surface area contributed by atoms with Crippen LogP contribution in [0.4, 0.5) is 4.79 Å². The minimum Gasteiger partial charge on any atom is -0.465 e. The number of carboxylic acid groups (broad SMARTS) is 1. The monoisotopic (exact) mass is 269 g/mol. The standard InChI is InChI=1S/C14H23NO4/c1-13(2,3)8-10-11(16)14(9-19-10)4-6-15(7-5-14)12(17)18/h10H,4-9H2,1-3H3,(H,17,18). The minimum atomic E-state index is -0.896. The van der Waals surface area contributed by atoms with Crippen LogP contribution in [-0.4, -0.2) is 47.7 Å². The molecule has 2 fully saturated rings. The first-order chi connectivity index (χ1) is 8.73. The highest BCUT2D eigenvalue weighted by Crippen LogP contribution is 2.41. The molecule has 1 amide bonds. The van der Waals surface area contributed by atoms with Crippen molar-refractivity contribution in [3.05, 3.63) is 0 Å². The van der Waals surface area contributed by atoms with Gasteiger partial charge in [-0.1, -0.05) is 20.8 Å². The van der Waals surface area contributed by atoms with Crippen molar-refractivity contribution in [2.45, 2.75) is 46.1 Å². The number of hydrogen-bond acceptors (Lipinski definition) is 3. The van der Waals surface area contributed by atoms with Gasteiger partial charge in [0.2, 0.25) is 0 Å². The molecule has 2 aliphatic heterocycles. The maximum atomic E-state index is 12.5. The summed E-state index contributed by atoms with van der Waals surface area (Å²) < 4.78 is 5.71. The fourth-order valence-corrected chi connectivity index (χ4v) is 2.97. The van der Waals surface area contributed by atoms with Crippen LogP contribution in [0.3, 0.4) is 0 Å². The maximum absolute atomic E-state index is 12.5. The molecule has 2 heterocycles. The highest BCUT2D eigenvalue weighted by molar-refractivity contribution is 5.91. The van der Waals surface area contributed by atoms with E-state index in [2.05, 4.69) is 20.8 Å². The van der Waals surface area contributed by atoms with Gasteiger partial charge in [-0.25, -0.2) is 4.79 Å². The van der Waals surface area contributed by atoms with Gasteiger partial charge in [0.05, 0.1) is 12.0 Å². The molecule has 0 radical (unpaired) electrons. The number of likely N-dealkylation sites (tertiary alicyclic amines) is 1. The number of ketones is 1. The number of amides is 1. The van der Waals surface area contributed by atoms with Crippen LogP contribution in [-0.2, 0) is 9.53 Å². The zero-order valence-electron chi connectivity index (χ0n) is 11.9. The van der Waals surface area contributed by atoms with Crippen molar-refractivity contribution in [3.8, 4) is 0 Å². The molecule has 1 atom stereocenters. The summed E-state index contributed by atoms with van der Waals surface area (Å²) in [5, 5.41) is 8.95. The Kier molecular flexibility index (Phi) is 3.60. The van der Waals surface area contributed by atoms with Gasteiger partial charge in [-0.2, -0.15) is 0 Å². The predicted octanol–water partition coefficient (Wildman–Crippen LogP) is 2.15. The molecular formula is C14H23NO4. The molecule has 0 aromatic heterocycles. The number of nitrogens with zero attached hydrogens (tertiary/aromatic N) is 1. The van der Waals surface area contributed by atoms with Gasteiger partial charge in [-0.05, 0) is 24.7 Å². The number of carbonyl (C=O) groups excluding carboxylic acids is 1. The van der Waals surface area contributed by atoms with Crippen molar-refractivity contribution in [1.82, 2.24) is 4.90 Å². The van der Waals surface area contributed by atoms with Crippen molar-refractivity contribution in [2.24, 2.45) is 10.8 Å². The van der Waals surface area contributed by atoms with Gasteiger partial charge in [0.25, 0.3) is 0 Å². The van der Waals surface area contributed by atoms with Gasteiger partial charge in [0, 0.05) is 13.1 Å². The second-order valence-electron chi connectivity index (χ2n) is 6.98. The quantitative estimate of drug-likeness (QED) is 0.792. The Morgan fingerprint density at radius 1 is 1.42 bits per heavy atom. The van der Waals surface area contributed by atoms with Crippen LogP contribution in [0.1, 0.15) is 40.0 Å². The lowest BCUT2D eigenvalue weighted by Gasteiger charge is -2.36. The number of piperidine rings is 1. The molecular weight excluding hydrogens is 246 g/mol. The van der Waals surface area contributed by atoms with Gasteiger partial charge in [0.15, 0.2) is 5.78 Å². The molecule has 0 aromatic carbocycles. The van der Waals surface area contributed by atoms with Gasteiger partial charge in [-0.3, -0.25) is 4.79 Å². The summed E-state index contributed by atoms with van der Waals surface area (Å²) in [6.07, 6.45) is 0.720. The molecule has 2 rings (SSSR count). The zero-order chi connectivity index (χ0) is 14.3. The first-order valence-corrected chi connectivity index (χ1v) is 6.87. The summed E-state index contributed by atoms with van der Waals surface area (Å²) in [4.78, 5) is 24.8. The lowest BCUT2D eigenvalue weighted by Crippen LogP contribution is -2.46. The molecule has 5 heteroatoms. The van der Waals surface area contributed by atoms with Crippen molar-refractivity contribution in [2.75, 3.05) is 19.7 Å². The maximum Gasteiger partial charge on any atom is 0.407 e. The Hall–Kier alpha value is -1.10. The van der Waals surface area contributed by atoms with Crippen LogP contribution in [0, 0.1) is 10.8 Å². The van der Waals surface area contributed by atoms with E-state index in [1.807, 2.05) is 0 Å². The molecule has 0 aliphatic carbocycles. The van der Waals surface area contributed by atoms with Crippen molar-refractivity contribution >= 4 is 11.9 Å². The van der Waals surface area contributed by atoms with E-state index in [4.69, 9.17) is 9.84 Å². The third-order valence-corrected chi connectivity index (χ3v) is 4.16. The van der Waals surface area contributed by atoms with E-state index in [1.54, 1.807) is 0 Å². The molecule has 0 aromatic rings. The Morgan fingerprint density at radius 3 is 2.47 bits per heavy atom. The van der Waals surface area contributed by atoms with Gasteiger partial charge < -0.3 is 14.7 Å².